The third kappa shape index (κ3) is 2.85. The Balaban J connectivity index is 2.37. The number of non-ortho nitro benzene ring substituents is 1. The summed E-state index contributed by atoms with van der Waals surface area (Å²) in [5, 5.41) is 11.3. The van der Waals surface area contributed by atoms with Gasteiger partial charge >= 0.3 is 0 Å². The normalized spacial score (nSPS) is 10.2. The summed E-state index contributed by atoms with van der Waals surface area (Å²) in [4.78, 5) is 12.2. The SMILES string of the molecule is CCN(c1ccc([N+](=O)[O-])cc1)c1ccccc1Cl. The number of para-hydroxylation sites is 1. The van der Waals surface area contributed by atoms with Crippen molar-refractivity contribution in [1.82, 2.24) is 0 Å². The Morgan fingerprint density at radius 3 is 2.32 bits per heavy atom. The van der Waals surface area contributed by atoms with Crippen molar-refractivity contribution in [1.29, 1.82) is 0 Å². The molecule has 0 unspecified atom stereocenters. The number of nitro groups is 1. The van der Waals surface area contributed by atoms with Crippen molar-refractivity contribution in [2.45, 2.75) is 6.92 Å². The number of hydrogen-bond acceptors (Lipinski definition) is 3. The van der Waals surface area contributed by atoms with Gasteiger partial charge in [0.05, 0.1) is 15.6 Å². The highest BCUT2D eigenvalue weighted by atomic mass is 35.5. The maximum atomic E-state index is 10.6. The summed E-state index contributed by atoms with van der Waals surface area (Å²) in [5.41, 5.74) is 1.85. The van der Waals surface area contributed by atoms with E-state index in [0.29, 0.717) is 5.02 Å². The lowest BCUT2D eigenvalue weighted by Crippen LogP contribution is -2.16. The number of hydrogen-bond donors (Lipinski definition) is 0. The molecule has 0 aliphatic rings. The predicted octanol–water partition coefficient (Wildman–Crippen LogP) is 4.41. The Labute approximate surface area is 116 Å². The third-order valence-electron chi connectivity index (χ3n) is 2.83. The second kappa shape index (κ2) is 5.71. The highest BCUT2D eigenvalue weighted by Crippen LogP contribution is 2.32. The maximum Gasteiger partial charge on any atom is 0.269 e. The van der Waals surface area contributed by atoms with Gasteiger partial charge in [-0.25, -0.2) is 0 Å². The van der Waals surface area contributed by atoms with E-state index in [0.717, 1.165) is 17.9 Å². The zero-order chi connectivity index (χ0) is 13.8. The van der Waals surface area contributed by atoms with Gasteiger partial charge in [0.1, 0.15) is 0 Å². The quantitative estimate of drug-likeness (QED) is 0.614. The number of benzene rings is 2. The second-order valence-electron chi connectivity index (χ2n) is 3.97. The molecule has 0 aliphatic heterocycles. The molecule has 0 aliphatic carbocycles. The molecule has 2 aromatic rings. The summed E-state index contributed by atoms with van der Waals surface area (Å²) in [6, 6.07) is 14.0. The van der Waals surface area contributed by atoms with Crippen LogP contribution in [0.3, 0.4) is 0 Å². The van der Waals surface area contributed by atoms with E-state index in [1.807, 2.05) is 36.1 Å². The minimum absolute atomic E-state index is 0.0824. The lowest BCUT2D eigenvalue weighted by Gasteiger charge is -2.24. The Morgan fingerprint density at radius 1 is 1.16 bits per heavy atom. The molecule has 0 saturated heterocycles. The van der Waals surface area contributed by atoms with Crippen LogP contribution in [0.15, 0.2) is 48.5 Å². The first-order chi connectivity index (χ1) is 9.13. The summed E-state index contributed by atoms with van der Waals surface area (Å²) < 4.78 is 0. The van der Waals surface area contributed by atoms with E-state index in [-0.39, 0.29) is 5.69 Å². The molecule has 0 aromatic heterocycles. The minimum atomic E-state index is -0.407. The Bertz CT molecular complexity index is 584. The van der Waals surface area contributed by atoms with Crippen LogP contribution in [0.25, 0.3) is 0 Å². The molecule has 0 fully saturated rings. The second-order valence-corrected chi connectivity index (χ2v) is 4.38. The van der Waals surface area contributed by atoms with Crippen LogP contribution in [0.4, 0.5) is 17.1 Å². The van der Waals surface area contributed by atoms with E-state index in [9.17, 15) is 10.1 Å². The van der Waals surface area contributed by atoms with Gasteiger partial charge in [-0.05, 0) is 31.2 Å². The molecule has 5 heteroatoms. The highest BCUT2D eigenvalue weighted by Gasteiger charge is 2.12. The Kier molecular flexibility index (Phi) is 4.02. The monoisotopic (exact) mass is 276 g/mol. The molecule has 98 valence electrons. The van der Waals surface area contributed by atoms with Gasteiger partial charge in [-0.15, -0.1) is 0 Å². The van der Waals surface area contributed by atoms with Crippen molar-refractivity contribution >= 4 is 28.7 Å². The lowest BCUT2D eigenvalue weighted by atomic mass is 10.2. The zero-order valence-corrected chi connectivity index (χ0v) is 11.2. The van der Waals surface area contributed by atoms with Crippen LogP contribution in [0.5, 0.6) is 0 Å². The van der Waals surface area contributed by atoms with Gasteiger partial charge in [0.25, 0.3) is 5.69 Å². The van der Waals surface area contributed by atoms with Gasteiger partial charge < -0.3 is 4.90 Å². The average molecular weight is 277 g/mol. The fraction of sp³-hybridized carbons (Fsp3) is 0.143. The van der Waals surface area contributed by atoms with Gasteiger partial charge in [0.15, 0.2) is 0 Å². The van der Waals surface area contributed by atoms with Crippen LogP contribution < -0.4 is 4.90 Å². The maximum absolute atomic E-state index is 10.6. The van der Waals surface area contributed by atoms with Crippen molar-refractivity contribution in [3.05, 3.63) is 63.7 Å². The molecule has 0 heterocycles. The van der Waals surface area contributed by atoms with Gasteiger partial charge in [0.2, 0.25) is 0 Å². The molecule has 0 N–H and O–H groups in total. The van der Waals surface area contributed by atoms with Gasteiger partial charge in [-0.1, -0.05) is 23.7 Å². The van der Waals surface area contributed by atoms with E-state index >= 15 is 0 Å². The molecule has 0 radical (unpaired) electrons. The smallest absolute Gasteiger partial charge is 0.269 e. The molecular weight excluding hydrogens is 264 g/mol. The van der Waals surface area contributed by atoms with E-state index in [1.54, 1.807) is 12.1 Å². The molecule has 0 amide bonds. The summed E-state index contributed by atoms with van der Waals surface area (Å²) in [6.45, 7) is 2.73. The van der Waals surface area contributed by atoms with E-state index < -0.39 is 4.92 Å². The number of anilines is 2. The molecule has 2 aromatic carbocycles. The molecule has 0 bridgehead atoms. The minimum Gasteiger partial charge on any atom is -0.341 e. The number of rotatable bonds is 4. The van der Waals surface area contributed by atoms with Crippen molar-refractivity contribution in [3.8, 4) is 0 Å². The molecule has 0 saturated carbocycles. The van der Waals surface area contributed by atoms with Crippen LogP contribution in [-0.2, 0) is 0 Å². The molecule has 2 rings (SSSR count). The zero-order valence-electron chi connectivity index (χ0n) is 10.4. The van der Waals surface area contributed by atoms with Crippen molar-refractivity contribution in [2.75, 3.05) is 11.4 Å². The highest BCUT2D eigenvalue weighted by molar-refractivity contribution is 6.33. The standard InChI is InChI=1S/C14H13ClN2O2/c1-2-16(14-6-4-3-5-13(14)15)11-7-9-12(10-8-11)17(18)19/h3-10H,2H2,1H3. The van der Waals surface area contributed by atoms with E-state index in [4.69, 9.17) is 11.6 Å². The van der Waals surface area contributed by atoms with Crippen molar-refractivity contribution in [3.63, 3.8) is 0 Å². The average Bonchev–Trinajstić information content (AvgIpc) is 2.42. The summed E-state index contributed by atoms with van der Waals surface area (Å²) in [5.74, 6) is 0. The molecule has 0 atom stereocenters. The number of halogens is 1. The first-order valence-electron chi connectivity index (χ1n) is 5.90. The van der Waals surface area contributed by atoms with Crippen LogP contribution >= 0.6 is 11.6 Å². The number of nitro benzene ring substituents is 1. The van der Waals surface area contributed by atoms with Gasteiger partial charge in [-0.2, -0.15) is 0 Å². The summed E-state index contributed by atoms with van der Waals surface area (Å²) in [7, 11) is 0. The molecule has 0 spiro atoms. The largest absolute Gasteiger partial charge is 0.341 e. The van der Waals surface area contributed by atoms with Gasteiger partial charge in [0, 0.05) is 24.4 Å². The number of nitrogens with zero attached hydrogens (tertiary/aromatic N) is 2. The van der Waals surface area contributed by atoms with Crippen LogP contribution in [0.2, 0.25) is 5.02 Å². The Hall–Kier alpha value is -2.07. The third-order valence-corrected chi connectivity index (χ3v) is 3.15. The van der Waals surface area contributed by atoms with Crippen LogP contribution in [0.1, 0.15) is 6.92 Å². The summed E-state index contributed by atoms with van der Waals surface area (Å²) >= 11 is 6.18. The van der Waals surface area contributed by atoms with Crippen molar-refractivity contribution < 1.29 is 4.92 Å². The van der Waals surface area contributed by atoms with E-state index in [2.05, 4.69) is 0 Å². The van der Waals surface area contributed by atoms with Crippen LogP contribution in [-0.4, -0.2) is 11.5 Å². The van der Waals surface area contributed by atoms with Crippen molar-refractivity contribution in [2.24, 2.45) is 0 Å². The topological polar surface area (TPSA) is 46.4 Å². The van der Waals surface area contributed by atoms with E-state index in [1.165, 1.54) is 12.1 Å². The first kappa shape index (κ1) is 13.4. The fourth-order valence-corrected chi connectivity index (χ4v) is 2.15. The first-order valence-corrected chi connectivity index (χ1v) is 6.27. The van der Waals surface area contributed by atoms with Gasteiger partial charge in [-0.3, -0.25) is 10.1 Å². The predicted molar refractivity (Wildman–Crippen MR) is 77.2 cm³/mol. The Morgan fingerprint density at radius 2 is 1.79 bits per heavy atom. The lowest BCUT2D eigenvalue weighted by molar-refractivity contribution is -0.384. The molecule has 4 nitrogen and oxygen atoms in total. The van der Waals surface area contributed by atoms with Crippen LogP contribution in [0, 0.1) is 10.1 Å². The molecule has 19 heavy (non-hydrogen) atoms. The molecular formula is C14H13ClN2O2. The summed E-state index contributed by atoms with van der Waals surface area (Å²) in [6.07, 6.45) is 0. The fourth-order valence-electron chi connectivity index (χ4n) is 1.92.